The van der Waals surface area contributed by atoms with Gasteiger partial charge in [-0.2, -0.15) is 0 Å². The van der Waals surface area contributed by atoms with E-state index in [0.29, 0.717) is 0 Å². The van der Waals surface area contributed by atoms with Crippen molar-refractivity contribution in [3.8, 4) is 0 Å². The Morgan fingerprint density at radius 3 is 2.62 bits per heavy atom. The molecule has 0 aliphatic carbocycles. The number of rotatable bonds is 8. The molecular weight excluding hydrogens is 262 g/mol. The minimum absolute atomic E-state index is 0.762. The Bertz CT molecular complexity index is 403. The van der Waals surface area contributed by atoms with Crippen molar-refractivity contribution < 1.29 is 4.74 Å². The van der Waals surface area contributed by atoms with Gasteiger partial charge in [0.15, 0.2) is 0 Å². The zero-order valence-corrected chi connectivity index (χ0v) is 13.5. The SMILES string of the molecule is CCCN1CCN(c2ccccc2CNCCOC)CC1. The van der Waals surface area contributed by atoms with Crippen molar-refractivity contribution in [1.29, 1.82) is 0 Å². The van der Waals surface area contributed by atoms with E-state index in [0.717, 1.165) is 32.8 Å². The maximum atomic E-state index is 5.08. The lowest BCUT2D eigenvalue weighted by Gasteiger charge is -2.37. The van der Waals surface area contributed by atoms with E-state index in [1.807, 2.05) is 0 Å². The summed E-state index contributed by atoms with van der Waals surface area (Å²) in [5.74, 6) is 0. The average molecular weight is 291 g/mol. The Labute approximate surface area is 129 Å². The number of hydrogen-bond acceptors (Lipinski definition) is 4. The minimum atomic E-state index is 0.762. The molecular formula is C17H29N3O. The summed E-state index contributed by atoms with van der Waals surface area (Å²) in [6.07, 6.45) is 1.25. The highest BCUT2D eigenvalue weighted by Gasteiger charge is 2.18. The molecule has 1 fully saturated rings. The fourth-order valence-corrected chi connectivity index (χ4v) is 2.89. The second-order valence-corrected chi connectivity index (χ2v) is 5.63. The molecule has 0 saturated carbocycles. The molecule has 2 rings (SSSR count). The zero-order valence-electron chi connectivity index (χ0n) is 13.5. The maximum absolute atomic E-state index is 5.08. The molecule has 4 heteroatoms. The molecule has 1 aromatic carbocycles. The van der Waals surface area contributed by atoms with Crippen molar-refractivity contribution >= 4 is 5.69 Å². The summed E-state index contributed by atoms with van der Waals surface area (Å²) in [4.78, 5) is 5.09. The molecule has 1 saturated heterocycles. The monoisotopic (exact) mass is 291 g/mol. The van der Waals surface area contributed by atoms with Crippen LogP contribution in [0.15, 0.2) is 24.3 Å². The van der Waals surface area contributed by atoms with Crippen LogP contribution in [-0.2, 0) is 11.3 Å². The van der Waals surface area contributed by atoms with E-state index in [1.165, 1.54) is 37.3 Å². The molecule has 1 aliphatic rings. The van der Waals surface area contributed by atoms with Crippen LogP contribution in [0.2, 0.25) is 0 Å². The van der Waals surface area contributed by atoms with E-state index in [9.17, 15) is 0 Å². The molecule has 0 aromatic heterocycles. The largest absolute Gasteiger partial charge is 0.383 e. The summed E-state index contributed by atoms with van der Waals surface area (Å²) < 4.78 is 5.08. The van der Waals surface area contributed by atoms with Gasteiger partial charge >= 0.3 is 0 Å². The molecule has 1 heterocycles. The lowest BCUT2D eigenvalue weighted by Crippen LogP contribution is -2.46. The average Bonchev–Trinajstić information content (AvgIpc) is 2.53. The van der Waals surface area contributed by atoms with E-state index in [4.69, 9.17) is 4.74 Å². The number of para-hydroxylation sites is 1. The van der Waals surface area contributed by atoms with E-state index < -0.39 is 0 Å². The predicted octanol–water partition coefficient (Wildman–Crippen LogP) is 1.95. The number of benzene rings is 1. The normalized spacial score (nSPS) is 16.4. The van der Waals surface area contributed by atoms with Gasteiger partial charge in [-0.25, -0.2) is 0 Å². The summed E-state index contributed by atoms with van der Waals surface area (Å²) in [6, 6.07) is 8.76. The summed E-state index contributed by atoms with van der Waals surface area (Å²) >= 11 is 0. The number of anilines is 1. The Hall–Kier alpha value is -1.10. The van der Waals surface area contributed by atoms with E-state index in [-0.39, 0.29) is 0 Å². The first kappa shape index (κ1) is 16.3. The minimum Gasteiger partial charge on any atom is -0.383 e. The van der Waals surface area contributed by atoms with Crippen molar-refractivity contribution in [1.82, 2.24) is 10.2 Å². The smallest absolute Gasteiger partial charge is 0.0587 e. The highest BCUT2D eigenvalue weighted by atomic mass is 16.5. The third kappa shape index (κ3) is 4.99. The summed E-state index contributed by atoms with van der Waals surface area (Å²) in [7, 11) is 1.74. The third-order valence-electron chi connectivity index (χ3n) is 4.04. The van der Waals surface area contributed by atoms with E-state index >= 15 is 0 Å². The van der Waals surface area contributed by atoms with Crippen LogP contribution in [0, 0.1) is 0 Å². The van der Waals surface area contributed by atoms with Gasteiger partial charge in [0.1, 0.15) is 0 Å². The van der Waals surface area contributed by atoms with Gasteiger partial charge in [0, 0.05) is 52.1 Å². The number of methoxy groups -OCH3 is 1. The van der Waals surface area contributed by atoms with Crippen LogP contribution in [0.3, 0.4) is 0 Å². The topological polar surface area (TPSA) is 27.7 Å². The number of ether oxygens (including phenoxy) is 1. The molecule has 0 atom stereocenters. The highest BCUT2D eigenvalue weighted by molar-refractivity contribution is 5.54. The Kier molecular flexibility index (Phi) is 7.00. The first-order valence-electron chi connectivity index (χ1n) is 8.10. The number of nitrogens with zero attached hydrogens (tertiary/aromatic N) is 2. The summed E-state index contributed by atoms with van der Waals surface area (Å²) in [5, 5.41) is 3.45. The number of hydrogen-bond donors (Lipinski definition) is 1. The summed E-state index contributed by atoms with van der Waals surface area (Å²) in [6.45, 7) is 10.7. The van der Waals surface area contributed by atoms with Gasteiger partial charge in [0.2, 0.25) is 0 Å². The van der Waals surface area contributed by atoms with Gasteiger partial charge in [0.25, 0.3) is 0 Å². The van der Waals surface area contributed by atoms with Crippen LogP contribution >= 0.6 is 0 Å². The Balaban J connectivity index is 1.90. The fourth-order valence-electron chi connectivity index (χ4n) is 2.89. The van der Waals surface area contributed by atoms with E-state index in [1.54, 1.807) is 7.11 Å². The molecule has 1 aromatic rings. The van der Waals surface area contributed by atoms with Gasteiger partial charge < -0.3 is 15.0 Å². The molecule has 0 unspecified atom stereocenters. The van der Waals surface area contributed by atoms with Crippen molar-refractivity contribution in [2.75, 3.05) is 57.9 Å². The lowest BCUT2D eigenvalue weighted by molar-refractivity contribution is 0.199. The zero-order chi connectivity index (χ0) is 14.9. The van der Waals surface area contributed by atoms with Crippen molar-refractivity contribution in [3.05, 3.63) is 29.8 Å². The van der Waals surface area contributed by atoms with Crippen LogP contribution in [-0.4, -0.2) is 57.9 Å². The van der Waals surface area contributed by atoms with Crippen molar-refractivity contribution in [2.24, 2.45) is 0 Å². The first-order chi connectivity index (χ1) is 10.3. The molecule has 1 N–H and O–H groups in total. The second-order valence-electron chi connectivity index (χ2n) is 5.63. The molecule has 0 spiro atoms. The quantitative estimate of drug-likeness (QED) is 0.741. The van der Waals surface area contributed by atoms with Gasteiger partial charge in [-0.3, -0.25) is 4.90 Å². The Morgan fingerprint density at radius 1 is 1.14 bits per heavy atom. The van der Waals surface area contributed by atoms with Gasteiger partial charge in [-0.05, 0) is 24.6 Å². The molecule has 0 bridgehead atoms. The van der Waals surface area contributed by atoms with Gasteiger partial charge in [-0.15, -0.1) is 0 Å². The molecule has 0 amide bonds. The standard InChI is InChI=1S/C17H29N3O/c1-3-9-19-10-12-20(13-11-19)17-7-5-4-6-16(17)15-18-8-14-21-2/h4-7,18H,3,8-15H2,1-2H3. The molecule has 0 radical (unpaired) electrons. The molecule has 1 aliphatic heterocycles. The summed E-state index contributed by atoms with van der Waals surface area (Å²) in [5.41, 5.74) is 2.77. The lowest BCUT2D eigenvalue weighted by atomic mass is 10.1. The van der Waals surface area contributed by atoms with E-state index in [2.05, 4.69) is 46.3 Å². The number of piperazine rings is 1. The van der Waals surface area contributed by atoms with Crippen LogP contribution in [0.1, 0.15) is 18.9 Å². The van der Waals surface area contributed by atoms with Gasteiger partial charge in [-0.1, -0.05) is 25.1 Å². The maximum Gasteiger partial charge on any atom is 0.0587 e. The fraction of sp³-hybridized carbons (Fsp3) is 0.647. The molecule has 21 heavy (non-hydrogen) atoms. The van der Waals surface area contributed by atoms with Crippen molar-refractivity contribution in [3.63, 3.8) is 0 Å². The van der Waals surface area contributed by atoms with Crippen LogP contribution in [0.25, 0.3) is 0 Å². The molecule has 118 valence electrons. The Morgan fingerprint density at radius 2 is 1.90 bits per heavy atom. The predicted molar refractivity (Wildman–Crippen MR) is 89.0 cm³/mol. The van der Waals surface area contributed by atoms with Gasteiger partial charge in [0.05, 0.1) is 6.61 Å². The van der Waals surface area contributed by atoms with Crippen LogP contribution < -0.4 is 10.2 Å². The van der Waals surface area contributed by atoms with Crippen LogP contribution in [0.4, 0.5) is 5.69 Å². The highest BCUT2D eigenvalue weighted by Crippen LogP contribution is 2.21. The number of nitrogens with one attached hydrogen (secondary N) is 1. The van der Waals surface area contributed by atoms with Crippen LogP contribution in [0.5, 0.6) is 0 Å². The molecule has 4 nitrogen and oxygen atoms in total. The van der Waals surface area contributed by atoms with Crippen molar-refractivity contribution in [2.45, 2.75) is 19.9 Å². The third-order valence-corrected chi connectivity index (χ3v) is 4.04. The first-order valence-corrected chi connectivity index (χ1v) is 8.10. The second kappa shape index (κ2) is 9.03.